The number of hydrogen-bond acceptors (Lipinski definition) is 8. The molecular formula is C19H28N6O2S2. The van der Waals surface area contributed by atoms with E-state index in [1.807, 2.05) is 10.8 Å². The van der Waals surface area contributed by atoms with Gasteiger partial charge in [0, 0.05) is 62.9 Å². The molecule has 0 aromatic carbocycles. The van der Waals surface area contributed by atoms with Crippen molar-refractivity contribution >= 4 is 44.8 Å². The van der Waals surface area contributed by atoms with Gasteiger partial charge in [0.15, 0.2) is 10.3 Å². The van der Waals surface area contributed by atoms with Gasteiger partial charge in [-0.1, -0.05) is 13.3 Å². The van der Waals surface area contributed by atoms with E-state index < -0.39 is 0 Å². The van der Waals surface area contributed by atoms with Gasteiger partial charge in [0.25, 0.3) is 0 Å². The number of anilines is 2. The van der Waals surface area contributed by atoms with E-state index in [2.05, 4.69) is 26.7 Å². The summed E-state index contributed by atoms with van der Waals surface area (Å²) in [6.07, 6.45) is 5.46. The first-order valence-electron chi connectivity index (χ1n) is 9.78. The molecule has 29 heavy (non-hydrogen) atoms. The van der Waals surface area contributed by atoms with Gasteiger partial charge in [0.1, 0.15) is 0 Å². The van der Waals surface area contributed by atoms with Gasteiger partial charge in [-0.05, 0) is 6.42 Å². The molecule has 1 atom stereocenters. The number of aromatic nitrogens is 2. The van der Waals surface area contributed by atoms with Gasteiger partial charge in [0.05, 0.1) is 13.1 Å². The van der Waals surface area contributed by atoms with Gasteiger partial charge < -0.3 is 0 Å². The first kappa shape index (κ1) is 21.8. The van der Waals surface area contributed by atoms with Crippen LogP contribution in [0.1, 0.15) is 19.8 Å². The Kier molecular flexibility index (Phi) is 7.70. The molecular weight excluding hydrogens is 408 g/mol. The van der Waals surface area contributed by atoms with Crippen molar-refractivity contribution in [3.05, 3.63) is 23.2 Å². The van der Waals surface area contributed by atoms with Crippen LogP contribution in [-0.4, -0.2) is 84.4 Å². The highest BCUT2D eigenvalue weighted by Crippen LogP contribution is 2.20. The summed E-state index contributed by atoms with van der Waals surface area (Å²) in [5, 5.41) is 5.18. The maximum atomic E-state index is 12.7. The molecule has 3 heterocycles. The lowest BCUT2D eigenvalue weighted by Gasteiger charge is -2.41. The average Bonchev–Trinajstić information content (AvgIpc) is 3.43. The number of likely N-dealkylation sites (N-methyl/N-ethyl adjacent to an activating group) is 2. The Morgan fingerprint density at radius 3 is 2.14 bits per heavy atom. The Hall–Kier alpha value is -1.88. The van der Waals surface area contributed by atoms with Crippen molar-refractivity contribution < 1.29 is 9.59 Å². The second-order valence-corrected chi connectivity index (χ2v) is 8.93. The van der Waals surface area contributed by atoms with Crippen LogP contribution < -0.4 is 9.80 Å². The first-order valence-corrected chi connectivity index (χ1v) is 11.5. The van der Waals surface area contributed by atoms with E-state index in [1.54, 1.807) is 36.3 Å². The first-order chi connectivity index (χ1) is 14.0. The Labute approximate surface area is 179 Å². The fraction of sp³-hybridized carbons (Fsp3) is 0.579. The molecule has 0 radical (unpaired) electrons. The van der Waals surface area contributed by atoms with Crippen LogP contribution in [0.15, 0.2) is 23.2 Å². The van der Waals surface area contributed by atoms with E-state index in [4.69, 9.17) is 0 Å². The molecule has 1 saturated heterocycles. The zero-order valence-corrected chi connectivity index (χ0v) is 18.8. The van der Waals surface area contributed by atoms with Crippen molar-refractivity contribution in [2.45, 2.75) is 25.8 Å². The van der Waals surface area contributed by atoms with Gasteiger partial charge in [-0.3, -0.25) is 29.2 Å². The van der Waals surface area contributed by atoms with Crippen molar-refractivity contribution in [2.75, 3.05) is 56.6 Å². The predicted molar refractivity (Wildman–Crippen MR) is 118 cm³/mol. The molecule has 158 valence electrons. The van der Waals surface area contributed by atoms with Crippen LogP contribution in [0.3, 0.4) is 0 Å². The quantitative estimate of drug-likeness (QED) is 0.630. The third-order valence-corrected chi connectivity index (χ3v) is 6.86. The van der Waals surface area contributed by atoms with Crippen molar-refractivity contribution in [1.29, 1.82) is 0 Å². The van der Waals surface area contributed by atoms with Crippen molar-refractivity contribution in [3.8, 4) is 0 Å². The highest BCUT2D eigenvalue weighted by atomic mass is 32.1. The molecule has 0 aliphatic carbocycles. The summed E-state index contributed by atoms with van der Waals surface area (Å²) >= 11 is 2.92. The number of amides is 2. The number of nitrogens with zero attached hydrogens (tertiary/aromatic N) is 6. The summed E-state index contributed by atoms with van der Waals surface area (Å²) in [7, 11) is 3.55. The monoisotopic (exact) mass is 436 g/mol. The summed E-state index contributed by atoms with van der Waals surface area (Å²) in [6.45, 7) is 5.24. The zero-order valence-electron chi connectivity index (χ0n) is 17.2. The molecule has 0 spiro atoms. The topological polar surface area (TPSA) is 72.9 Å². The van der Waals surface area contributed by atoms with Crippen LogP contribution in [0.2, 0.25) is 0 Å². The van der Waals surface area contributed by atoms with E-state index >= 15 is 0 Å². The van der Waals surface area contributed by atoms with E-state index in [0.717, 1.165) is 42.7 Å². The molecule has 8 nitrogen and oxygen atoms in total. The van der Waals surface area contributed by atoms with Crippen LogP contribution in [0.4, 0.5) is 10.3 Å². The fourth-order valence-corrected chi connectivity index (χ4v) is 4.72. The second kappa shape index (κ2) is 10.2. The van der Waals surface area contributed by atoms with E-state index in [-0.39, 0.29) is 17.9 Å². The lowest BCUT2D eigenvalue weighted by molar-refractivity contribution is -0.123. The molecule has 0 bridgehead atoms. The number of carbonyl (C=O) groups excluding carboxylic acids is 2. The van der Waals surface area contributed by atoms with E-state index in [0.29, 0.717) is 13.1 Å². The lowest BCUT2D eigenvalue weighted by atomic mass is 10.1. The molecule has 1 aliphatic rings. The number of carbonyl (C=O) groups is 2. The molecule has 2 aromatic heterocycles. The Bertz CT molecular complexity index is 783. The zero-order chi connectivity index (χ0) is 20.8. The normalized spacial score (nSPS) is 18.0. The van der Waals surface area contributed by atoms with E-state index in [1.165, 1.54) is 22.7 Å². The SMILES string of the molecule is CCCC1CN(CC(=O)N(C)c2nccs2)CCN1CC(=O)N(C)c1nccs1. The van der Waals surface area contributed by atoms with Gasteiger partial charge >= 0.3 is 0 Å². The van der Waals surface area contributed by atoms with Crippen molar-refractivity contribution in [1.82, 2.24) is 19.8 Å². The molecule has 10 heteroatoms. The largest absolute Gasteiger partial charge is 0.292 e. The molecule has 0 saturated carbocycles. The molecule has 1 fully saturated rings. The highest BCUT2D eigenvalue weighted by molar-refractivity contribution is 7.14. The van der Waals surface area contributed by atoms with E-state index in [9.17, 15) is 9.59 Å². The molecule has 3 rings (SSSR count). The van der Waals surface area contributed by atoms with Gasteiger partial charge in [-0.2, -0.15) is 0 Å². The maximum Gasteiger partial charge on any atom is 0.242 e. The summed E-state index contributed by atoms with van der Waals surface area (Å²) in [5.41, 5.74) is 0. The summed E-state index contributed by atoms with van der Waals surface area (Å²) < 4.78 is 0. The molecule has 0 N–H and O–H groups in total. The summed E-state index contributed by atoms with van der Waals surface area (Å²) in [6, 6.07) is 0.264. The number of hydrogen-bond donors (Lipinski definition) is 0. The minimum atomic E-state index is 0.0447. The number of rotatable bonds is 8. The molecule has 1 aliphatic heterocycles. The smallest absolute Gasteiger partial charge is 0.242 e. The predicted octanol–water partition coefficient (Wildman–Crippen LogP) is 2.01. The Morgan fingerprint density at radius 1 is 1.03 bits per heavy atom. The van der Waals surface area contributed by atoms with Crippen LogP contribution in [0.25, 0.3) is 0 Å². The Balaban J connectivity index is 1.56. The highest BCUT2D eigenvalue weighted by Gasteiger charge is 2.30. The number of piperazine rings is 1. The van der Waals surface area contributed by atoms with Crippen LogP contribution in [0, 0.1) is 0 Å². The minimum Gasteiger partial charge on any atom is -0.292 e. The third-order valence-electron chi connectivity index (χ3n) is 5.17. The van der Waals surface area contributed by atoms with Gasteiger partial charge in [-0.25, -0.2) is 9.97 Å². The van der Waals surface area contributed by atoms with Crippen LogP contribution in [-0.2, 0) is 9.59 Å². The van der Waals surface area contributed by atoms with Crippen LogP contribution >= 0.6 is 22.7 Å². The Morgan fingerprint density at radius 2 is 1.62 bits per heavy atom. The average molecular weight is 437 g/mol. The molecule has 1 unspecified atom stereocenters. The maximum absolute atomic E-state index is 12.7. The molecule has 2 amide bonds. The van der Waals surface area contributed by atoms with Crippen molar-refractivity contribution in [2.24, 2.45) is 0 Å². The number of thiazole rings is 2. The fourth-order valence-electron chi connectivity index (χ4n) is 3.47. The summed E-state index contributed by atoms with van der Waals surface area (Å²) in [5.74, 6) is 0.0947. The van der Waals surface area contributed by atoms with Gasteiger partial charge in [0.2, 0.25) is 11.8 Å². The minimum absolute atomic E-state index is 0.0447. The summed E-state index contributed by atoms with van der Waals surface area (Å²) in [4.78, 5) is 41.5. The van der Waals surface area contributed by atoms with Crippen LogP contribution in [0.5, 0.6) is 0 Å². The van der Waals surface area contributed by atoms with Crippen molar-refractivity contribution in [3.63, 3.8) is 0 Å². The third kappa shape index (κ3) is 5.59. The standard InChI is InChI=1S/C19H28N6O2S2/c1-4-5-15-12-24(13-16(26)22(2)18-20-6-10-28-18)8-9-25(15)14-17(27)23(3)19-21-7-11-29-19/h6-7,10-11,15H,4-5,8-9,12-14H2,1-3H3. The van der Waals surface area contributed by atoms with Gasteiger partial charge in [-0.15, -0.1) is 22.7 Å². The molecule has 2 aromatic rings. The lowest BCUT2D eigenvalue weighted by Crippen LogP contribution is -2.57. The second-order valence-electron chi connectivity index (χ2n) is 7.18.